The molecule has 0 saturated carbocycles. The minimum atomic E-state index is 0.0823. The van der Waals surface area contributed by atoms with Gasteiger partial charge in [0.25, 0.3) is 5.91 Å². The first-order valence-corrected chi connectivity index (χ1v) is 8.40. The zero-order valence-corrected chi connectivity index (χ0v) is 13.9. The summed E-state index contributed by atoms with van der Waals surface area (Å²) in [4.78, 5) is 19.6. The lowest BCUT2D eigenvalue weighted by molar-refractivity contribution is 0.0723. The van der Waals surface area contributed by atoms with Gasteiger partial charge in [-0.15, -0.1) is 0 Å². The van der Waals surface area contributed by atoms with Crippen LogP contribution in [0.4, 0.5) is 0 Å². The Labute approximate surface area is 137 Å². The Bertz CT molecular complexity index is 727. The minimum Gasteiger partial charge on any atom is -0.396 e. The third kappa shape index (κ3) is 3.22. The Kier molecular flexibility index (Phi) is 4.62. The average molecular weight is 312 g/mol. The number of pyridine rings is 1. The Balaban J connectivity index is 1.92. The Morgan fingerprint density at radius 3 is 2.96 bits per heavy atom. The highest BCUT2D eigenvalue weighted by atomic mass is 16.3. The van der Waals surface area contributed by atoms with E-state index in [-0.39, 0.29) is 18.6 Å². The number of carbonyl (C=O) groups is 1. The summed E-state index contributed by atoms with van der Waals surface area (Å²) < 4.78 is 0. The van der Waals surface area contributed by atoms with Crippen LogP contribution >= 0.6 is 0 Å². The van der Waals surface area contributed by atoms with E-state index in [9.17, 15) is 4.79 Å². The van der Waals surface area contributed by atoms with Gasteiger partial charge >= 0.3 is 0 Å². The minimum absolute atomic E-state index is 0.0823. The van der Waals surface area contributed by atoms with Gasteiger partial charge in [0.05, 0.1) is 16.8 Å². The molecule has 122 valence electrons. The molecule has 4 heteroatoms. The summed E-state index contributed by atoms with van der Waals surface area (Å²) in [6, 6.07) is 8.36. The molecular weight excluding hydrogens is 288 g/mol. The molecule has 1 aliphatic heterocycles. The number of aliphatic hydroxyl groups is 1. The topological polar surface area (TPSA) is 53.4 Å². The Hall–Kier alpha value is -1.94. The number of likely N-dealkylation sites (tertiary alicyclic amines) is 1. The second kappa shape index (κ2) is 6.67. The number of aliphatic hydroxyl groups excluding tert-OH is 1. The Morgan fingerprint density at radius 1 is 1.35 bits per heavy atom. The first-order chi connectivity index (χ1) is 11.1. The van der Waals surface area contributed by atoms with Gasteiger partial charge in [0.1, 0.15) is 0 Å². The fraction of sp³-hybridized carbons (Fsp3) is 0.474. The molecule has 1 amide bonds. The summed E-state index contributed by atoms with van der Waals surface area (Å²) in [6.45, 7) is 4.95. The molecule has 0 radical (unpaired) electrons. The van der Waals surface area contributed by atoms with Crippen LogP contribution in [0.2, 0.25) is 0 Å². The monoisotopic (exact) mass is 312 g/mol. The van der Waals surface area contributed by atoms with Gasteiger partial charge in [-0.3, -0.25) is 9.78 Å². The second-order valence-corrected chi connectivity index (χ2v) is 6.48. The number of carbonyl (C=O) groups excluding carboxylic acids is 1. The maximum absolute atomic E-state index is 13.0. The number of rotatable bonds is 4. The molecule has 1 aromatic heterocycles. The van der Waals surface area contributed by atoms with E-state index in [2.05, 4.69) is 11.1 Å². The van der Waals surface area contributed by atoms with Crippen LogP contribution in [0.15, 0.2) is 24.3 Å². The van der Waals surface area contributed by atoms with E-state index in [1.54, 1.807) is 0 Å². The van der Waals surface area contributed by atoms with Crippen LogP contribution < -0.4 is 0 Å². The van der Waals surface area contributed by atoms with Gasteiger partial charge < -0.3 is 10.0 Å². The van der Waals surface area contributed by atoms with E-state index < -0.39 is 0 Å². The van der Waals surface area contributed by atoms with Crippen molar-refractivity contribution in [2.75, 3.05) is 13.2 Å². The lowest BCUT2D eigenvalue weighted by Gasteiger charge is -2.25. The van der Waals surface area contributed by atoms with Crippen LogP contribution in [-0.2, 0) is 0 Å². The van der Waals surface area contributed by atoms with Crippen LogP contribution in [-0.4, -0.2) is 40.1 Å². The molecule has 1 aromatic carbocycles. The molecule has 1 fully saturated rings. The van der Waals surface area contributed by atoms with Crippen molar-refractivity contribution in [3.8, 4) is 0 Å². The van der Waals surface area contributed by atoms with E-state index in [1.807, 2.05) is 36.9 Å². The summed E-state index contributed by atoms with van der Waals surface area (Å²) in [5.74, 6) is 0.0823. The molecule has 1 atom stereocenters. The molecule has 3 rings (SSSR count). The van der Waals surface area contributed by atoms with Crippen molar-refractivity contribution in [1.29, 1.82) is 0 Å². The molecule has 2 heterocycles. The predicted octanol–water partition coefficient (Wildman–Crippen LogP) is 3.23. The number of nitrogens with zero attached hydrogens (tertiary/aromatic N) is 2. The van der Waals surface area contributed by atoms with Crippen molar-refractivity contribution >= 4 is 16.8 Å². The van der Waals surface area contributed by atoms with Gasteiger partial charge in [0, 0.05) is 24.6 Å². The van der Waals surface area contributed by atoms with Crippen LogP contribution in [0, 0.1) is 13.8 Å². The zero-order chi connectivity index (χ0) is 16.4. The first kappa shape index (κ1) is 15.9. The maximum Gasteiger partial charge on any atom is 0.255 e. The summed E-state index contributed by atoms with van der Waals surface area (Å²) in [6.07, 6.45) is 3.70. The quantitative estimate of drug-likeness (QED) is 0.943. The van der Waals surface area contributed by atoms with Crippen LogP contribution in [0.5, 0.6) is 0 Å². The van der Waals surface area contributed by atoms with E-state index in [1.165, 1.54) is 5.56 Å². The summed E-state index contributed by atoms with van der Waals surface area (Å²) in [7, 11) is 0. The Morgan fingerprint density at radius 2 is 2.17 bits per heavy atom. The smallest absolute Gasteiger partial charge is 0.255 e. The highest BCUT2D eigenvalue weighted by Gasteiger charge is 2.30. The predicted molar refractivity (Wildman–Crippen MR) is 91.6 cm³/mol. The van der Waals surface area contributed by atoms with Gasteiger partial charge in [-0.1, -0.05) is 11.6 Å². The first-order valence-electron chi connectivity index (χ1n) is 8.40. The van der Waals surface area contributed by atoms with E-state index in [4.69, 9.17) is 5.11 Å². The molecule has 4 nitrogen and oxygen atoms in total. The standard InChI is InChI=1S/C19H24N2O2/c1-13-7-8-18-15(11-13)12-17(14(2)20-18)19(23)21-9-3-5-16(21)6-4-10-22/h7-8,11-12,16,22H,3-6,9-10H2,1-2H3. The van der Waals surface area contributed by atoms with Crippen LogP contribution in [0.25, 0.3) is 10.9 Å². The fourth-order valence-corrected chi connectivity index (χ4v) is 3.49. The third-order valence-electron chi connectivity index (χ3n) is 4.72. The van der Waals surface area contributed by atoms with Crippen molar-refractivity contribution in [3.05, 3.63) is 41.1 Å². The number of aryl methyl sites for hydroxylation is 2. The number of aromatic nitrogens is 1. The SMILES string of the molecule is Cc1ccc2nc(C)c(C(=O)N3CCCC3CCCO)cc2c1. The zero-order valence-electron chi connectivity index (χ0n) is 13.9. The van der Waals surface area contributed by atoms with E-state index in [0.717, 1.165) is 48.8 Å². The largest absolute Gasteiger partial charge is 0.396 e. The number of hydrogen-bond donors (Lipinski definition) is 1. The summed E-state index contributed by atoms with van der Waals surface area (Å²) in [5.41, 5.74) is 3.60. The van der Waals surface area contributed by atoms with E-state index >= 15 is 0 Å². The molecule has 0 spiro atoms. The van der Waals surface area contributed by atoms with Crippen molar-refractivity contribution in [1.82, 2.24) is 9.88 Å². The second-order valence-electron chi connectivity index (χ2n) is 6.48. The molecule has 1 N–H and O–H groups in total. The van der Waals surface area contributed by atoms with Gasteiger partial charge in [0.2, 0.25) is 0 Å². The molecule has 1 aliphatic rings. The van der Waals surface area contributed by atoms with Crippen LogP contribution in [0.3, 0.4) is 0 Å². The number of hydrogen-bond acceptors (Lipinski definition) is 3. The van der Waals surface area contributed by atoms with Gasteiger partial charge in [-0.25, -0.2) is 0 Å². The number of benzene rings is 1. The molecular formula is C19H24N2O2. The molecule has 1 saturated heterocycles. The maximum atomic E-state index is 13.0. The summed E-state index contributed by atoms with van der Waals surface area (Å²) in [5, 5.41) is 10.1. The molecule has 0 bridgehead atoms. The molecule has 23 heavy (non-hydrogen) atoms. The molecule has 1 unspecified atom stereocenters. The van der Waals surface area contributed by atoms with Gasteiger partial charge in [-0.05, 0) is 57.7 Å². The normalized spacial score (nSPS) is 17.9. The average Bonchev–Trinajstić information content (AvgIpc) is 3.00. The summed E-state index contributed by atoms with van der Waals surface area (Å²) >= 11 is 0. The molecule has 2 aromatic rings. The fourth-order valence-electron chi connectivity index (χ4n) is 3.49. The lowest BCUT2D eigenvalue weighted by atomic mass is 10.0. The number of amides is 1. The highest BCUT2D eigenvalue weighted by Crippen LogP contribution is 2.26. The van der Waals surface area contributed by atoms with Gasteiger partial charge in [0.15, 0.2) is 0 Å². The number of fused-ring (bicyclic) bond motifs is 1. The van der Waals surface area contributed by atoms with Gasteiger partial charge in [-0.2, -0.15) is 0 Å². The lowest BCUT2D eigenvalue weighted by Crippen LogP contribution is -2.36. The third-order valence-corrected chi connectivity index (χ3v) is 4.72. The van der Waals surface area contributed by atoms with E-state index in [0.29, 0.717) is 5.56 Å². The van der Waals surface area contributed by atoms with Crippen molar-refractivity contribution in [2.24, 2.45) is 0 Å². The van der Waals surface area contributed by atoms with Crippen LogP contribution in [0.1, 0.15) is 47.3 Å². The van der Waals surface area contributed by atoms with Crippen molar-refractivity contribution < 1.29 is 9.90 Å². The van der Waals surface area contributed by atoms with Crippen molar-refractivity contribution in [3.63, 3.8) is 0 Å². The molecule has 0 aliphatic carbocycles. The highest BCUT2D eigenvalue weighted by molar-refractivity contribution is 5.99. The van der Waals surface area contributed by atoms with Crippen molar-refractivity contribution in [2.45, 2.75) is 45.6 Å².